The Morgan fingerprint density at radius 2 is 1.68 bits per heavy atom. The van der Waals surface area contributed by atoms with E-state index in [1.807, 2.05) is 0 Å². The van der Waals surface area contributed by atoms with E-state index in [1.54, 1.807) is 59.7 Å². The van der Waals surface area contributed by atoms with Crippen molar-refractivity contribution in [1.82, 2.24) is 10.1 Å². The third-order valence-electron chi connectivity index (χ3n) is 3.11. The molecule has 0 atom stereocenters. The fraction of sp³-hybridized carbons (Fsp3) is 0.474. The topological polar surface area (TPSA) is 94.8 Å². The molecular weight excluding hydrogens is 386 g/mol. The summed E-state index contributed by atoms with van der Waals surface area (Å²) in [6, 6.07) is 4.89. The Balaban J connectivity index is 2.54. The summed E-state index contributed by atoms with van der Waals surface area (Å²) in [5.74, 6) is 0.458. The molecule has 0 bridgehead atoms. The van der Waals surface area contributed by atoms with Crippen molar-refractivity contribution in [3.63, 3.8) is 0 Å². The van der Waals surface area contributed by atoms with Crippen LogP contribution < -0.4 is 4.90 Å². The third-order valence-corrected chi connectivity index (χ3v) is 3.39. The van der Waals surface area contributed by atoms with Crippen LogP contribution in [0.4, 0.5) is 15.4 Å². The highest BCUT2D eigenvalue weighted by atomic mass is 35.5. The van der Waals surface area contributed by atoms with Crippen LogP contribution in [-0.2, 0) is 15.4 Å². The van der Waals surface area contributed by atoms with Crippen molar-refractivity contribution in [2.75, 3.05) is 4.90 Å². The molecule has 0 saturated heterocycles. The Bertz CT molecular complexity index is 824. The van der Waals surface area contributed by atoms with Gasteiger partial charge in [0.05, 0.1) is 17.1 Å². The number of ether oxygens (including phenoxy) is 2. The van der Waals surface area contributed by atoms with Crippen molar-refractivity contribution in [3.8, 4) is 11.3 Å². The minimum atomic E-state index is -0.918. The zero-order chi connectivity index (χ0) is 21.1. The zero-order valence-electron chi connectivity index (χ0n) is 16.8. The summed E-state index contributed by atoms with van der Waals surface area (Å²) in [5.41, 5.74) is -0.787. The Hall–Kier alpha value is -2.61. The van der Waals surface area contributed by atoms with Crippen molar-refractivity contribution < 1.29 is 23.6 Å². The molecule has 28 heavy (non-hydrogen) atoms. The van der Waals surface area contributed by atoms with Crippen molar-refractivity contribution >= 4 is 29.6 Å². The summed E-state index contributed by atoms with van der Waals surface area (Å²) in [5, 5.41) is 3.83. The highest BCUT2D eigenvalue weighted by molar-refractivity contribution is 6.17. The Morgan fingerprint density at radius 1 is 1.11 bits per heavy atom. The van der Waals surface area contributed by atoms with E-state index < -0.39 is 23.4 Å². The van der Waals surface area contributed by atoms with Crippen molar-refractivity contribution in [3.05, 3.63) is 30.1 Å². The number of imide groups is 1. The van der Waals surface area contributed by atoms with Gasteiger partial charge in [-0.25, -0.2) is 14.6 Å². The number of rotatable bonds is 3. The number of hydrogen-bond acceptors (Lipinski definition) is 7. The van der Waals surface area contributed by atoms with E-state index >= 15 is 0 Å². The van der Waals surface area contributed by atoms with Crippen LogP contribution in [0.5, 0.6) is 0 Å². The van der Waals surface area contributed by atoms with Crippen molar-refractivity contribution in [2.24, 2.45) is 0 Å². The van der Waals surface area contributed by atoms with Crippen LogP contribution in [0.2, 0.25) is 0 Å². The SMILES string of the molecule is CC(C)(C)OC(=O)N(C(=O)OC(C)(C)C)c1ncccc1-c1cc(CCl)no1. The van der Waals surface area contributed by atoms with Gasteiger partial charge in [0.1, 0.15) is 11.2 Å². The predicted octanol–water partition coefficient (Wildman–Crippen LogP) is 5.15. The molecule has 0 aromatic carbocycles. The first kappa shape index (κ1) is 21.7. The van der Waals surface area contributed by atoms with Gasteiger partial charge in [0, 0.05) is 12.3 Å². The van der Waals surface area contributed by atoms with Gasteiger partial charge in [-0.15, -0.1) is 11.6 Å². The largest absolute Gasteiger partial charge is 0.443 e. The summed E-state index contributed by atoms with van der Waals surface area (Å²) < 4.78 is 16.1. The van der Waals surface area contributed by atoms with Crippen LogP contribution >= 0.6 is 11.6 Å². The highest BCUT2D eigenvalue weighted by Gasteiger charge is 2.35. The Labute approximate surface area is 168 Å². The van der Waals surface area contributed by atoms with Crippen LogP contribution in [-0.4, -0.2) is 33.5 Å². The number of alkyl halides is 1. The van der Waals surface area contributed by atoms with Crippen LogP contribution in [0, 0.1) is 0 Å². The quantitative estimate of drug-likeness (QED) is 0.646. The molecule has 0 spiro atoms. The summed E-state index contributed by atoms with van der Waals surface area (Å²) >= 11 is 5.78. The molecule has 0 aliphatic rings. The van der Waals surface area contributed by atoms with Crippen molar-refractivity contribution in [2.45, 2.75) is 58.6 Å². The standard InChI is InChI=1S/C19H24ClN3O5/c1-18(2,3)26-16(24)23(17(25)27-19(4,5)6)15-13(8-7-9-21-15)14-10-12(11-20)22-28-14/h7-10H,11H2,1-6H3. The molecule has 2 aromatic rings. The molecule has 0 fully saturated rings. The summed E-state index contributed by atoms with van der Waals surface area (Å²) in [7, 11) is 0. The molecule has 0 unspecified atom stereocenters. The van der Waals surface area contributed by atoms with Crippen LogP contribution in [0.25, 0.3) is 11.3 Å². The maximum absolute atomic E-state index is 12.8. The molecule has 152 valence electrons. The minimum Gasteiger partial charge on any atom is -0.443 e. The van der Waals surface area contributed by atoms with Gasteiger partial charge in [0.25, 0.3) is 0 Å². The number of carbonyl (C=O) groups excluding carboxylic acids is 2. The molecule has 9 heteroatoms. The average molecular weight is 410 g/mol. The summed E-state index contributed by atoms with van der Waals surface area (Å²) in [6.07, 6.45) is -0.392. The van der Waals surface area contributed by atoms with Gasteiger partial charge in [-0.3, -0.25) is 0 Å². The second kappa shape index (κ2) is 8.18. The second-order valence-electron chi connectivity index (χ2n) is 7.99. The van der Waals surface area contributed by atoms with Gasteiger partial charge < -0.3 is 14.0 Å². The lowest BCUT2D eigenvalue weighted by atomic mass is 10.2. The first-order valence-electron chi connectivity index (χ1n) is 8.64. The van der Waals surface area contributed by atoms with E-state index in [0.717, 1.165) is 4.90 Å². The maximum atomic E-state index is 12.8. The summed E-state index contributed by atoms with van der Waals surface area (Å²) in [6.45, 7) is 10.2. The van der Waals surface area contributed by atoms with Crippen LogP contribution in [0.1, 0.15) is 47.2 Å². The number of anilines is 1. The highest BCUT2D eigenvalue weighted by Crippen LogP contribution is 2.31. The molecule has 2 amide bonds. The van der Waals surface area contributed by atoms with Crippen molar-refractivity contribution in [1.29, 1.82) is 0 Å². The lowest BCUT2D eigenvalue weighted by Gasteiger charge is -2.28. The van der Waals surface area contributed by atoms with Gasteiger partial charge in [-0.2, -0.15) is 4.90 Å². The van der Waals surface area contributed by atoms with Gasteiger partial charge in [-0.05, 0) is 53.7 Å². The molecule has 0 radical (unpaired) electrons. The first-order chi connectivity index (χ1) is 12.9. The third kappa shape index (κ3) is 5.69. The second-order valence-corrected chi connectivity index (χ2v) is 8.25. The molecular formula is C19H24ClN3O5. The Kier molecular flexibility index (Phi) is 6.34. The molecule has 0 saturated carbocycles. The summed E-state index contributed by atoms with van der Waals surface area (Å²) in [4.78, 5) is 30.6. The fourth-order valence-electron chi connectivity index (χ4n) is 2.13. The van der Waals surface area contributed by atoms with Crippen LogP contribution in [0.3, 0.4) is 0 Å². The molecule has 2 rings (SSSR count). The van der Waals surface area contributed by atoms with E-state index in [0.29, 0.717) is 17.0 Å². The van der Waals surface area contributed by atoms with E-state index in [2.05, 4.69) is 10.1 Å². The predicted molar refractivity (Wildman–Crippen MR) is 104 cm³/mol. The molecule has 0 aliphatic carbocycles. The molecule has 8 nitrogen and oxygen atoms in total. The number of pyridine rings is 1. The van der Waals surface area contributed by atoms with Gasteiger partial charge in [0.15, 0.2) is 11.6 Å². The zero-order valence-corrected chi connectivity index (χ0v) is 17.5. The monoisotopic (exact) mass is 409 g/mol. The number of hydrogen-bond donors (Lipinski definition) is 0. The molecule has 0 N–H and O–H groups in total. The van der Waals surface area contributed by atoms with E-state index in [-0.39, 0.29) is 11.7 Å². The molecule has 2 aromatic heterocycles. The first-order valence-corrected chi connectivity index (χ1v) is 9.18. The van der Waals surface area contributed by atoms with E-state index in [9.17, 15) is 9.59 Å². The lowest BCUT2D eigenvalue weighted by Crippen LogP contribution is -2.44. The Morgan fingerprint density at radius 3 is 2.14 bits per heavy atom. The average Bonchev–Trinajstić information content (AvgIpc) is 3.01. The van der Waals surface area contributed by atoms with E-state index in [1.165, 1.54) is 6.20 Å². The maximum Gasteiger partial charge on any atom is 0.425 e. The lowest BCUT2D eigenvalue weighted by molar-refractivity contribution is 0.0429. The smallest absolute Gasteiger partial charge is 0.425 e. The number of nitrogens with zero attached hydrogens (tertiary/aromatic N) is 3. The van der Waals surface area contributed by atoms with Crippen LogP contribution in [0.15, 0.2) is 28.9 Å². The van der Waals surface area contributed by atoms with Gasteiger partial charge in [0.2, 0.25) is 0 Å². The number of carbonyl (C=O) groups is 2. The number of aromatic nitrogens is 2. The fourth-order valence-corrected chi connectivity index (χ4v) is 2.26. The van der Waals surface area contributed by atoms with E-state index in [4.69, 9.17) is 25.6 Å². The molecule has 0 aliphatic heterocycles. The minimum absolute atomic E-state index is 0.00303. The molecule has 2 heterocycles. The number of halogens is 1. The number of amides is 2. The normalized spacial score (nSPS) is 11.8. The van der Waals surface area contributed by atoms with Gasteiger partial charge in [-0.1, -0.05) is 5.16 Å². The van der Waals surface area contributed by atoms with Gasteiger partial charge >= 0.3 is 12.2 Å².